The first-order valence-corrected chi connectivity index (χ1v) is 9.56. The number of likely N-dealkylation sites (tertiary alicyclic amines) is 1. The van der Waals surface area contributed by atoms with Crippen molar-refractivity contribution in [3.05, 3.63) is 0 Å². The highest BCUT2D eigenvalue weighted by atomic mass is 16.3. The van der Waals surface area contributed by atoms with Gasteiger partial charge >= 0.3 is 0 Å². The van der Waals surface area contributed by atoms with Gasteiger partial charge in [0.2, 0.25) is 5.91 Å². The summed E-state index contributed by atoms with van der Waals surface area (Å²) in [5, 5.41) is 16.9. The maximum absolute atomic E-state index is 11.8. The van der Waals surface area contributed by atoms with Gasteiger partial charge in [0.1, 0.15) is 6.54 Å². The fourth-order valence-electron chi connectivity index (χ4n) is 3.61. The van der Waals surface area contributed by atoms with Crippen molar-refractivity contribution in [2.45, 2.75) is 70.2 Å². The Morgan fingerprint density at radius 1 is 1.24 bits per heavy atom. The number of nitrogens with zero attached hydrogens (tertiary/aromatic N) is 3. The summed E-state index contributed by atoms with van der Waals surface area (Å²) >= 11 is 0. The molecule has 0 radical (unpaired) electrons. The lowest BCUT2D eigenvalue weighted by molar-refractivity contribution is -0.127. The maximum atomic E-state index is 11.8. The third-order valence-electron chi connectivity index (χ3n) is 5.08. The number of likely N-dealkylation sites (N-methyl/N-ethyl adjacent to an activating group) is 1. The van der Waals surface area contributed by atoms with Crippen LogP contribution >= 0.6 is 0 Å². The summed E-state index contributed by atoms with van der Waals surface area (Å²) in [7, 11) is 3.49. The van der Waals surface area contributed by atoms with Gasteiger partial charge in [0, 0.05) is 45.3 Å². The number of hydrogen-bond acceptors (Lipinski definition) is 4. The van der Waals surface area contributed by atoms with Crippen LogP contribution in [-0.2, 0) is 4.79 Å². The smallest absolute Gasteiger partial charge is 0.243 e. The van der Waals surface area contributed by atoms with Crippen molar-refractivity contribution in [3.8, 4) is 0 Å². The van der Waals surface area contributed by atoms with E-state index < -0.39 is 0 Å². The quantitative estimate of drug-likeness (QED) is 0.492. The Balaban J connectivity index is 1.85. The Morgan fingerprint density at radius 3 is 2.44 bits per heavy atom. The van der Waals surface area contributed by atoms with E-state index in [0.29, 0.717) is 18.0 Å². The van der Waals surface area contributed by atoms with Gasteiger partial charge in [-0.05, 0) is 46.0 Å². The van der Waals surface area contributed by atoms with Crippen molar-refractivity contribution in [2.24, 2.45) is 4.99 Å². The predicted molar refractivity (Wildman–Crippen MR) is 101 cm³/mol. The molecule has 0 bridgehead atoms. The second-order valence-electron chi connectivity index (χ2n) is 7.77. The van der Waals surface area contributed by atoms with Crippen LogP contribution in [0.1, 0.15) is 46.0 Å². The van der Waals surface area contributed by atoms with Crippen LogP contribution in [0.25, 0.3) is 0 Å². The molecule has 3 N–H and O–H groups in total. The first kappa shape index (κ1) is 20.0. The van der Waals surface area contributed by atoms with Gasteiger partial charge in [0.05, 0.1) is 6.10 Å². The monoisotopic (exact) mass is 353 g/mol. The second kappa shape index (κ2) is 9.38. The maximum Gasteiger partial charge on any atom is 0.243 e. The SMILES string of the molecule is CC(C)NC(=NCC(=O)N(C)C)NC1CCN(C2CCCC2O)CC1. The molecule has 0 aromatic carbocycles. The molecule has 7 nitrogen and oxygen atoms in total. The highest BCUT2D eigenvalue weighted by Gasteiger charge is 2.33. The van der Waals surface area contributed by atoms with Crippen molar-refractivity contribution in [1.82, 2.24) is 20.4 Å². The Kier molecular flexibility index (Phi) is 7.50. The van der Waals surface area contributed by atoms with E-state index in [1.54, 1.807) is 19.0 Å². The number of aliphatic hydroxyl groups is 1. The van der Waals surface area contributed by atoms with Crippen molar-refractivity contribution < 1.29 is 9.90 Å². The van der Waals surface area contributed by atoms with E-state index in [9.17, 15) is 9.90 Å². The third kappa shape index (κ3) is 6.15. The number of guanidine groups is 1. The topological polar surface area (TPSA) is 80.2 Å². The molecule has 1 aliphatic heterocycles. The second-order valence-corrected chi connectivity index (χ2v) is 7.77. The molecule has 2 aliphatic rings. The van der Waals surface area contributed by atoms with Crippen molar-refractivity contribution in [2.75, 3.05) is 33.7 Å². The molecule has 2 unspecified atom stereocenters. The molecule has 1 heterocycles. The van der Waals surface area contributed by atoms with Crippen LogP contribution in [0, 0.1) is 0 Å². The van der Waals surface area contributed by atoms with Crippen LogP contribution in [-0.4, -0.2) is 84.7 Å². The summed E-state index contributed by atoms with van der Waals surface area (Å²) in [6.07, 6.45) is 5.11. The molecule has 2 atom stereocenters. The number of nitrogens with one attached hydrogen (secondary N) is 2. The zero-order valence-corrected chi connectivity index (χ0v) is 16.2. The minimum atomic E-state index is -0.152. The van der Waals surface area contributed by atoms with Crippen molar-refractivity contribution >= 4 is 11.9 Å². The van der Waals surface area contributed by atoms with Gasteiger partial charge in [-0.1, -0.05) is 0 Å². The van der Waals surface area contributed by atoms with E-state index in [4.69, 9.17) is 0 Å². The van der Waals surface area contributed by atoms with Gasteiger partial charge in [-0.2, -0.15) is 0 Å². The number of carbonyl (C=O) groups is 1. The lowest BCUT2D eigenvalue weighted by atomic mass is 10.0. The van der Waals surface area contributed by atoms with Gasteiger partial charge in [0.15, 0.2) is 5.96 Å². The van der Waals surface area contributed by atoms with E-state index >= 15 is 0 Å². The van der Waals surface area contributed by atoms with Gasteiger partial charge in [-0.15, -0.1) is 0 Å². The number of carbonyl (C=O) groups excluding carboxylic acids is 1. The first-order chi connectivity index (χ1) is 11.9. The molecular formula is C18H35N5O2. The Morgan fingerprint density at radius 2 is 1.92 bits per heavy atom. The summed E-state index contributed by atoms with van der Waals surface area (Å²) in [6.45, 7) is 6.29. The number of rotatable bonds is 5. The Hall–Kier alpha value is -1.34. The van der Waals surface area contributed by atoms with Crippen molar-refractivity contribution in [3.63, 3.8) is 0 Å². The predicted octanol–water partition coefficient (Wildman–Crippen LogP) is 0.396. The van der Waals surface area contributed by atoms with Crippen molar-refractivity contribution in [1.29, 1.82) is 0 Å². The molecule has 2 fully saturated rings. The van der Waals surface area contributed by atoms with Crippen LogP contribution in [0.2, 0.25) is 0 Å². The van der Waals surface area contributed by atoms with E-state index in [2.05, 4.69) is 34.4 Å². The molecule has 25 heavy (non-hydrogen) atoms. The Labute approximate surface area is 151 Å². The fourth-order valence-corrected chi connectivity index (χ4v) is 3.61. The zero-order valence-electron chi connectivity index (χ0n) is 16.2. The van der Waals surface area contributed by atoms with E-state index in [1.807, 2.05) is 0 Å². The van der Waals surface area contributed by atoms with Crippen LogP contribution in [0.4, 0.5) is 0 Å². The molecule has 1 saturated heterocycles. The molecule has 0 aromatic rings. The van der Waals surface area contributed by atoms with Crippen LogP contribution in [0.5, 0.6) is 0 Å². The van der Waals surface area contributed by atoms with E-state index in [1.165, 1.54) is 0 Å². The number of amides is 1. The van der Waals surface area contributed by atoms with E-state index in [-0.39, 0.29) is 24.6 Å². The average Bonchev–Trinajstić information content (AvgIpc) is 2.98. The average molecular weight is 354 g/mol. The number of hydrogen-bond donors (Lipinski definition) is 3. The highest BCUT2D eigenvalue weighted by molar-refractivity contribution is 5.85. The largest absolute Gasteiger partial charge is 0.391 e. The summed E-state index contributed by atoms with van der Waals surface area (Å²) < 4.78 is 0. The van der Waals surface area contributed by atoms with Gasteiger partial charge < -0.3 is 20.6 Å². The molecule has 1 saturated carbocycles. The van der Waals surface area contributed by atoms with Crippen LogP contribution in [0.3, 0.4) is 0 Å². The standard InChI is InChI=1S/C18H35N5O2/c1-13(2)20-18(19-12-17(25)22(3)4)21-14-8-10-23(11-9-14)15-6-5-7-16(15)24/h13-16,24H,5-12H2,1-4H3,(H2,19,20,21). The summed E-state index contributed by atoms with van der Waals surface area (Å²) in [4.78, 5) is 20.2. The fraction of sp³-hybridized carbons (Fsp3) is 0.889. The number of piperidine rings is 1. The number of aliphatic hydroxyl groups excluding tert-OH is 1. The van der Waals surface area contributed by atoms with Gasteiger partial charge in [0.25, 0.3) is 0 Å². The molecule has 0 aromatic heterocycles. The highest BCUT2D eigenvalue weighted by Crippen LogP contribution is 2.26. The molecule has 2 rings (SSSR count). The molecular weight excluding hydrogens is 318 g/mol. The lowest BCUT2D eigenvalue weighted by Crippen LogP contribution is -2.52. The minimum absolute atomic E-state index is 0.00473. The van der Waals surface area contributed by atoms with E-state index in [0.717, 1.165) is 45.2 Å². The van der Waals surface area contributed by atoms with Gasteiger partial charge in [-0.3, -0.25) is 9.69 Å². The van der Waals surface area contributed by atoms with Crippen LogP contribution in [0.15, 0.2) is 4.99 Å². The minimum Gasteiger partial charge on any atom is -0.391 e. The summed E-state index contributed by atoms with van der Waals surface area (Å²) in [5.74, 6) is 0.708. The molecule has 1 amide bonds. The van der Waals surface area contributed by atoms with Crippen LogP contribution < -0.4 is 10.6 Å². The van der Waals surface area contributed by atoms with Gasteiger partial charge in [-0.25, -0.2) is 4.99 Å². The third-order valence-corrected chi connectivity index (χ3v) is 5.08. The molecule has 7 heteroatoms. The molecule has 0 spiro atoms. The molecule has 1 aliphatic carbocycles. The summed E-state index contributed by atoms with van der Waals surface area (Å²) in [6, 6.07) is 0.962. The summed E-state index contributed by atoms with van der Waals surface area (Å²) in [5.41, 5.74) is 0. The zero-order chi connectivity index (χ0) is 18.4. The Bertz CT molecular complexity index is 458. The first-order valence-electron chi connectivity index (χ1n) is 9.56. The lowest BCUT2D eigenvalue weighted by Gasteiger charge is -2.38. The number of aliphatic imine (C=N–C) groups is 1. The normalized spacial score (nSPS) is 26.1. The molecule has 144 valence electrons.